The molecule has 2 rings (SSSR count). The van der Waals surface area contributed by atoms with E-state index in [1.54, 1.807) is 0 Å². The fourth-order valence-corrected chi connectivity index (χ4v) is 3.53. The van der Waals surface area contributed by atoms with Crippen molar-refractivity contribution in [3.8, 4) is 16.9 Å². The van der Waals surface area contributed by atoms with E-state index in [4.69, 9.17) is 15.0 Å². The Kier molecular flexibility index (Phi) is 8.91. The molecule has 0 saturated heterocycles. The number of rotatable bonds is 7. The van der Waals surface area contributed by atoms with E-state index in [0.29, 0.717) is 0 Å². The Morgan fingerprint density at radius 2 is 1.84 bits per heavy atom. The second-order valence-electron chi connectivity index (χ2n) is 6.61. The predicted octanol–water partition coefficient (Wildman–Crippen LogP) is 0.563. The fourth-order valence-electron chi connectivity index (χ4n) is 2.69. The highest BCUT2D eigenvalue weighted by atomic mass is 32.2. The van der Waals surface area contributed by atoms with Crippen molar-refractivity contribution in [2.45, 2.75) is 24.6 Å². The first-order valence-corrected chi connectivity index (χ1v) is 10.5. The van der Waals surface area contributed by atoms with Gasteiger partial charge < -0.3 is 14.3 Å². The highest BCUT2D eigenvalue weighted by Crippen LogP contribution is 2.28. The quantitative estimate of drug-likeness (QED) is 0.314. The zero-order valence-corrected chi connectivity index (χ0v) is 17.7. The lowest BCUT2D eigenvalue weighted by Gasteiger charge is -2.25. The SMILES string of the molecule is COc1ccc(-c2cc(=O)n(CCC(C)(C(=O)NO)S(C)(=O)=O)cc2F)c(F)c1.[B]O. The number of halogens is 2. The lowest BCUT2D eigenvalue weighted by molar-refractivity contribution is -0.131. The monoisotopic (exact) mass is 458 g/mol. The van der Waals surface area contributed by atoms with Crippen LogP contribution in [-0.2, 0) is 21.2 Å². The highest BCUT2D eigenvalue weighted by molar-refractivity contribution is 7.92. The van der Waals surface area contributed by atoms with Crippen LogP contribution in [0.15, 0.2) is 35.3 Å². The first-order valence-electron chi connectivity index (χ1n) is 8.58. The largest absolute Gasteiger partial charge is 0.497 e. The number of hydrogen-bond acceptors (Lipinski definition) is 7. The summed E-state index contributed by atoms with van der Waals surface area (Å²) < 4.78 is 56.4. The molecule has 1 aromatic heterocycles. The van der Waals surface area contributed by atoms with Crippen LogP contribution in [0, 0.1) is 11.6 Å². The molecule has 0 fully saturated rings. The van der Waals surface area contributed by atoms with Gasteiger partial charge in [-0.15, -0.1) is 0 Å². The Labute approximate surface area is 178 Å². The van der Waals surface area contributed by atoms with Gasteiger partial charge in [0, 0.05) is 42.3 Å². The van der Waals surface area contributed by atoms with Crippen LogP contribution in [0.2, 0.25) is 0 Å². The minimum absolute atomic E-state index is 0.145. The molecular formula is C18H21BF2N2O7S. The number of carbonyl (C=O) groups excluding carboxylic acids is 1. The Morgan fingerprint density at radius 3 is 2.32 bits per heavy atom. The molecule has 0 aliphatic rings. The number of aryl methyl sites for hydroxylation is 1. The third kappa shape index (κ3) is 5.68. The Morgan fingerprint density at radius 1 is 1.23 bits per heavy atom. The van der Waals surface area contributed by atoms with Gasteiger partial charge in [-0.1, -0.05) is 0 Å². The molecule has 0 spiro atoms. The molecule has 0 saturated carbocycles. The minimum Gasteiger partial charge on any atom is -0.497 e. The van der Waals surface area contributed by atoms with Crippen LogP contribution < -0.4 is 15.8 Å². The third-order valence-electron chi connectivity index (χ3n) is 4.77. The summed E-state index contributed by atoms with van der Waals surface area (Å²) in [6, 6.07) is 4.60. The van der Waals surface area contributed by atoms with Gasteiger partial charge in [-0.25, -0.2) is 22.7 Å². The summed E-state index contributed by atoms with van der Waals surface area (Å²) >= 11 is 0. The summed E-state index contributed by atoms with van der Waals surface area (Å²) in [4.78, 5) is 24.2. The molecule has 9 nitrogen and oxygen atoms in total. The van der Waals surface area contributed by atoms with Gasteiger partial charge in [0.1, 0.15) is 17.4 Å². The second-order valence-corrected chi connectivity index (χ2v) is 9.05. The molecule has 1 aromatic carbocycles. The van der Waals surface area contributed by atoms with Gasteiger partial charge in [-0.3, -0.25) is 14.8 Å². The van der Waals surface area contributed by atoms with Crippen LogP contribution in [-0.4, -0.2) is 55.3 Å². The number of methoxy groups -OCH3 is 1. The number of sulfone groups is 1. The Hall–Kier alpha value is -2.77. The van der Waals surface area contributed by atoms with E-state index >= 15 is 0 Å². The Bertz CT molecular complexity index is 1110. The van der Waals surface area contributed by atoms with Crippen molar-refractivity contribution in [2.75, 3.05) is 13.4 Å². The van der Waals surface area contributed by atoms with Gasteiger partial charge in [0.25, 0.3) is 19.5 Å². The summed E-state index contributed by atoms with van der Waals surface area (Å²) in [5.74, 6) is -2.65. The van der Waals surface area contributed by atoms with E-state index in [2.05, 4.69) is 8.05 Å². The molecule has 31 heavy (non-hydrogen) atoms. The number of ether oxygens (including phenoxy) is 1. The van der Waals surface area contributed by atoms with Gasteiger partial charge in [-0.05, 0) is 25.5 Å². The molecular weight excluding hydrogens is 437 g/mol. The van der Waals surface area contributed by atoms with E-state index in [-0.39, 0.29) is 23.4 Å². The van der Waals surface area contributed by atoms with E-state index in [9.17, 15) is 26.8 Å². The number of hydrogen-bond donors (Lipinski definition) is 3. The summed E-state index contributed by atoms with van der Waals surface area (Å²) in [6.45, 7) is 0.745. The standard InChI is InChI=1S/C18H20F2N2O6S.BHO/c1-18(17(24)21-25,29(3,26)27)6-7-22-10-15(20)13(9-16(22)23)12-5-4-11(28-2)8-14(12)19;1-2/h4-5,8-10,25H,6-7H2,1-3H3,(H,21,24);2H. The molecule has 2 radical (unpaired) electrons. The lowest BCUT2D eigenvalue weighted by atomic mass is 10.0. The van der Waals surface area contributed by atoms with Crippen molar-refractivity contribution in [1.82, 2.24) is 10.0 Å². The maximum atomic E-state index is 14.6. The number of nitrogens with zero attached hydrogens (tertiary/aromatic N) is 1. The van der Waals surface area contributed by atoms with Crippen LogP contribution in [0.1, 0.15) is 13.3 Å². The van der Waals surface area contributed by atoms with Crippen molar-refractivity contribution in [2.24, 2.45) is 0 Å². The van der Waals surface area contributed by atoms with Gasteiger partial charge in [0.2, 0.25) is 0 Å². The number of pyridine rings is 1. The molecule has 2 aromatic rings. The molecule has 3 N–H and O–H groups in total. The first-order chi connectivity index (χ1) is 14.4. The number of benzene rings is 1. The van der Waals surface area contributed by atoms with Crippen LogP contribution in [0.3, 0.4) is 0 Å². The fraction of sp³-hybridized carbons (Fsp3) is 0.333. The summed E-state index contributed by atoms with van der Waals surface area (Å²) in [7, 11) is 0.870. The molecule has 1 atom stereocenters. The van der Waals surface area contributed by atoms with Crippen molar-refractivity contribution in [3.63, 3.8) is 0 Å². The van der Waals surface area contributed by atoms with Crippen molar-refractivity contribution in [1.29, 1.82) is 0 Å². The van der Waals surface area contributed by atoms with Crippen LogP contribution in [0.5, 0.6) is 5.75 Å². The van der Waals surface area contributed by atoms with E-state index in [0.717, 1.165) is 36.1 Å². The minimum atomic E-state index is -3.97. The molecule has 0 aliphatic carbocycles. The van der Waals surface area contributed by atoms with Gasteiger partial charge >= 0.3 is 0 Å². The van der Waals surface area contributed by atoms with Crippen LogP contribution in [0.4, 0.5) is 8.78 Å². The predicted molar refractivity (Wildman–Crippen MR) is 108 cm³/mol. The number of aromatic nitrogens is 1. The van der Waals surface area contributed by atoms with Crippen molar-refractivity contribution in [3.05, 3.63) is 52.5 Å². The number of carbonyl (C=O) groups is 1. The van der Waals surface area contributed by atoms with Crippen molar-refractivity contribution >= 4 is 23.8 Å². The van der Waals surface area contributed by atoms with Crippen LogP contribution >= 0.6 is 0 Å². The average Bonchev–Trinajstić information content (AvgIpc) is 2.73. The molecule has 13 heteroatoms. The molecule has 1 heterocycles. The van der Waals surface area contributed by atoms with Gasteiger partial charge in [0.05, 0.1) is 7.11 Å². The first kappa shape index (κ1) is 26.3. The molecule has 168 valence electrons. The van der Waals surface area contributed by atoms with E-state index < -0.39 is 44.1 Å². The third-order valence-corrected chi connectivity index (χ3v) is 6.80. The van der Waals surface area contributed by atoms with Gasteiger partial charge in [-0.2, -0.15) is 0 Å². The molecule has 0 aliphatic heterocycles. The normalized spacial score (nSPS) is 12.9. The Balaban J connectivity index is 0.00000233. The van der Waals surface area contributed by atoms with Crippen molar-refractivity contribution < 1.29 is 37.0 Å². The highest BCUT2D eigenvalue weighted by Gasteiger charge is 2.43. The molecule has 0 bridgehead atoms. The summed E-state index contributed by atoms with van der Waals surface area (Å²) in [5.41, 5.74) is 0.146. The summed E-state index contributed by atoms with van der Waals surface area (Å²) in [6.07, 6.45) is 1.20. The zero-order valence-electron chi connectivity index (χ0n) is 16.9. The number of hydroxylamine groups is 1. The van der Waals surface area contributed by atoms with Gasteiger partial charge in [0.15, 0.2) is 14.6 Å². The zero-order chi connectivity index (χ0) is 24.0. The topological polar surface area (TPSA) is 135 Å². The second kappa shape index (κ2) is 10.5. The lowest BCUT2D eigenvalue weighted by Crippen LogP contribution is -2.50. The van der Waals surface area contributed by atoms with E-state index in [1.165, 1.54) is 24.7 Å². The smallest absolute Gasteiger partial charge is 0.277 e. The number of nitrogens with one attached hydrogen (secondary N) is 1. The molecule has 1 amide bonds. The maximum Gasteiger partial charge on any atom is 0.277 e. The van der Waals surface area contributed by atoms with Crippen LogP contribution in [0.25, 0.3) is 11.1 Å². The maximum absolute atomic E-state index is 14.6. The molecule has 1 unspecified atom stereocenters. The van der Waals surface area contributed by atoms with E-state index in [1.807, 2.05) is 0 Å². The summed E-state index contributed by atoms with van der Waals surface area (Å²) in [5, 5.41) is 15.3. The number of amides is 1. The average molecular weight is 458 g/mol.